The topological polar surface area (TPSA) is 46.1 Å². The molecule has 1 aromatic carbocycles. The normalized spacial score (nSPS) is 18.6. The van der Waals surface area contributed by atoms with Crippen molar-refractivity contribution in [1.82, 2.24) is 10.2 Å². The van der Waals surface area contributed by atoms with E-state index >= 15 is 0 Å². The Kier molecular flexibility index (Phi) is 7.81. The maximum Gasteiger partial charge on any atom is 0.193 e. The maximum absolute atomic E-state index is 5.59. The van der Waals surface area contributed by atoms with Crippen LogP contribution in [0.4, 0.5) is 0 Å². The molecule has 1 aromatic rings. The Morgan fingerprint density at radius 3 is 2.52 bits per heavy atom. The molecule has 5 nitrogen and oxygen atoms in total. The van der Waals surface area contributed by atoms with Gasteiger partial charge >= 0.3 is 0 Å². The molecule has 0 unspecified atom stereocenters. The number of nitrogens with zero attached hydrogens (tertiary/aromatic N) is 2. The van der Waals surface area contributed by atoms with Crippen LogP contribution in [-0.2, 0) is 11.3 Å². The number of rotatable bonds is 6. The van der Waals surface area contributed by atoms with Crippen LogP contribution in [0.15, 0.2) is 29.3 Å². The molecule has 0 amide bonds. The van der Waals surface area contributed by atoms with E-state index in [4.69, 9.17) is 9.47 Å². The van der Waals surface area contributed by atoms with Crippen molar-refractivity contribution in [3.8, 4) is 5.75 Å². The monoisotopic (exact) mass is 459 g/mol. The van der Waals surface area contributed by atoms with Crippen molar-refractivity contribution in [3.63, 3.8) is 0 Å². The maximum atomic E-state index is 5.59. The molecule has 3 rings (SSSR count). The lowest BCUT2D eigenvalue weighted by Gasteiger charge is -2.38. The summed E-state index contributed by atoms with van der Waals surface area (Å²) in [7, 11) is 3.55. The molecule has 0 radical (unpaired) electrons. The molecule has 2 aliphatic rings. The Balaban J connectivity index is 0.00000225. The van der Waals surface area contributed by atoms with Gasteiger partial charge in [-0.1, -0.05) is 18.6 Å². The van der Waals surface area contributed by atoms with Crippen LogP contribution >= 0.6 is 24.0 Å². The zero-order valence-electron chi connectivity index (χ0n) is 15.3. The summed E-state index contributed by atoms with van der Waals surface area (Å²) in [6, 6.07) is 8.21. The first-order valence-corrected chi connectivity index (χ1v) is 8.91. The van der Waals surface area contributed by atoms with Crippen LogP contribution in [0.25, 0.3) is 0 Å². The van der Waals surface area contributed by atoms with Gasteiger partial charge in [0.2, 0.25) is 0 Å². The van der Waals surface area contributed by atoms with Crippen LogP contribution in [0, 0.1) is 5.41 Å². The van der Waals surface area contributed by atoms with Gasteiger partial charge in [0.1, 0.15) is 12.4 Å². The fourth-order valence-electron chi connectivity index (χ4n) is 3.66. The van der Waals surface area contributed by atoms with E-state index in [1.165, 1.54) is 37.8 Å². The zero-order chi connectivity index (χ0) is 16.8. The summed E-state index contributed by atoms with van der Waals surface area (Å²) in [5.41, 5.74) is 1.83. The second-order valence-corrected chi connectivity index (χ2v) is 6.91. The van der Waals surface area contributed by atoms with Gasteiger partial charge in [-0.3, -0.25) is 4.99 Å². The van der Waals surface area contributed by atoms with E-state index in [2.05, 4.69) is 27.3 Å². The van der Waals surface area contributed by atoms with Gasteiger partial charge in [-0.25, -0.2) is 0 Å². The summed E-state index contributed by atoms with van der Waals surface area (Å²) < 4.78 is 10.6. The van der Waals surface area contributed by atoms with Crippen molar-refractivity contribution < 1.29 is 9.47 Å². The fraction of sp³-hybridized carbons (Fsp3) is 0.632. The van der Waals surface area contributed by atoms with Crippen molar-refractivity contribution in [1.29, 1.82) is 0 Å². The second-order valence-electron chi connectivity index (χ2n) is 6.91. The molecule has 1 aliphatic heterocycles. The predicted molar refractivity (Wildman–Crippen MR) is 112 cm³/mol. The van der Waals surface area contributed by atoms with E-state index < -0.39 is 0 Å². The lowest BCUT2D eigenvalue weighted by atomic mass is 9.68. The quantitative estimate of drug-likeness (QED) is 0.307. The second kappa shape index (κ2) is 9.62. The van der Waals surface area contributed by atoms with Crippen LogP contribution in [0.5, 0.6) is 5.75 Å². The van der Waals surface area contributed by atoms with Crippen LogP contribution in [-0.4, -0.2) is 51.3 Å². The minimum Gasteiger partial charge on any atom is -0.491 e. The third-order valence-corrected chi connectivity index (χ3v) is 5.29. The number of ether oxygens (including phenoxy) is 2. The largest absolute Gasteiger partial charge is 0.491 e. The van der Waals surface area contributed by atoms with E-state index in [9.17, 15) is 0 Å². The number of hydrogen-bond donors (Lipinski definition) is 1. The van der Waals surface area contributed by atoms with Crippen molar-refractivity contribution in [2.24, 2.45) is 10.4 Å². The predicted octanol–water partition coefficient (Wildman–Crippen LogP) is 3.28. The molecule has 0 bridgehead atoms. The first-order valence-electron chi connectivity index (χ1n) is 8.91. The number of nitrogens with one attached hydrogen (secondary N) is 1. The molecule has 25 heavy (non-hydrogen) atoms. The molecule has 0 atom stereocenters. The van der Waals surface area contributed by atoms with Crippen LogP contribution in [0.1, 0.15) is 31.2 Å². The summed E-state index contributed by atoms with van der Waals surface area (Å²) >= 11 is 0. The smallest absolute Gasteiger partial charge is 0.193 e. The van der Waals surface area contributed by atoms with Crippen LogP contribution in [0.2, 0.25) is 0 Å². The Bertz CT molecular complexity index is 558. The molecular formula is C19H30IN3O2. The van der Waals surface area contributed by atoms with E-state index in [0.717, 1.165) is 24.8 Å². The third-order valence-electron chi connectivity index (χ3n) is 5.29. The first kappa shape index (κ1) is 20.3. The van der Waals surface area contributed by atoms with Crippen molar-refractivity contribution in [3.05, 3.63) is 29.8 Å². The number of hydrogen-bond acceptors (Lipinski definition) is 3. The lowest BCUT2D eigenvalue weighted by molar-refractivity contribution is 0.146. The number of halogens is 1. The number of guanidine groups is 1. The van der Waals surface area contributed by atoms with Gasteiger partial charge in [0.25, 0.3) is 0 Å². The highest BCUT2D eigenvalue weighted by atomic mass is 127. The molecule has 1 aliphatic carbocycles. The van der Waals surface area contributed by atoms with Gasteiger partial charge < -0.3 is 19.7 Å². The molecule has 1 saturated heterocycles. The van der Waals surface area contributed by atoms with E-state index in [-0.39, 0.29) is 24.0 Å². The van der Waals surface area contributed by atoms with E-state index in [0.29, 0.717) is 18.6 Å². The summed E-state index contributed by atoms with van der Waals surface area (Å²) in [6.07, 6.45) is 5.51. The molecule has 1 spiro atoms. The van der Waals surface area contributed by atoms with E-state index in [1.807, 2.05) is 19.2 Å². The molecule has 2 fully saturated rings. The Morgan fingerprint density at radius 1 is 1.20 bits per heavy atom. The summed E-state index contributed by atoms with van der Waals surface area (Å²) in [5, 5.41) is 3.50. The Morgan fingerprint density at radius 2 is 1.96 bits per heavy atom. The highest BCUT2D eigenvalue weighted by Gasteiger charge is 2.43. The van der Waals surface area contributed by atoms with Gasteiger partial charge in [-0.15, -0.1) is 24.0 Å². The van der Waals surface area contributed by atoms with Gasteiger partial charge in [0, 0.05) is 33.8 Å². The number of aliphatic imine (C=N–C) groups is 1. The standard InChI is InChI=1S/C19H29N3O2.HI/c1-20-18(22-11-10-19(15-22)8-3-9-19)21-14-16-4-6-17(7-5-16)24-13-12-23-2;/h4-7H,3,8-15H2,1-2H3,(H,20,21);1H. The number of methoxy groups -OCH3 is 1. The average Bonchev–Trinajstić information content (AvgIpc) is 3.03. The zero-order valence-corrected chi connectivity index (χ0v) is 17.6. The number of likely N-dealkylation sites (tertiary alicyclic amines) is 1. The van der Waals surface area contributed by atoms with Crippen molar-refractivity contribution in [2.75, 3.05) is 40.5 Å². The fourth-order valence-corrected chi connectivity index (χ4v) is 3.66. The highest BCUT2D eigenvalue weighted by molar-refractivity contribution is 14.0. The molecular weight excluding hydrogens is 429 g/mol. The minimum absolute atomic E-state index is 0. The molecule has 1 heterocycles. The summed E-state index contributed by atoms with van der Waals surface area (Å²) in [5.74, 6) is 1.91. The van der Waals surface area contributed by atoms with Crippen molar-refractivity contribution >= 4 is 29.9 Å². The molecule has 1 N–H and O–H groups in total. The molecule has 0 aromatic heterocycles. The minimum atomic E-state index is 0. The average molecular weight is 459 g/mol. The van der Waals surface area contributed by atoms with E-state index in [1.54, 1.807) is 7.11 Å². The Hall–Kier alpha value is -1.02. The summed E-state index contributed by atoms with van der Waals surface area (Å²) in [6.45, 7) is 4.27. The SMILES string of the molecule is CN=C(NCc1ccc(OCCOC)cc1)N1CCC2(CCC2)C1.I. The van der Waals surface area contributed by atoms with Crippen LogP contribution in [0.3, 0.4) is 0 Å². The summed E-state index contributed by atoms with van der Waals surface area (Å²) in [4.78, 5) is 6.89. The molecule has 1 saturated carbocycles. The lowest BCUT2D eigenvalue weighted by Crippen LogP contribution is -2.42. The third kappa shape index (κ3) is 5.23. The first-order chi connectivity index (χ1) is 11.7. The van der Waals surface area contributed by atoms with Crippen molar-refractivity contribution in [2.45, 2.75) is 32.2 Å². The van der Waals surface area contributed by atoms with Crippen LogP contribution < -0.4 is 10.1 Å². The number of benzene rings is 1. The Labute approximate surface area is 168 Å². The van der Waals surface area contributed by atoms with Gasteiger partial charge in [-0.05, 0) is 42.4 Å². The highest BCUT2D eigenvalue weighted by Crippen LogP contribution is 2.47. The molecule has 6 heteroatoms. The molecule has 140 valence electrons. The van der Waals surface area contributed by atoms with Gasteiger partial charge in [-0.2, -0.15) is 0 Å². The van der Waals surface area contributed by atoms with Gasteiger partial charge in [0.15, 0.2) is 5.96 Å². The van der Waals surface area contributed by atoms with Gasteiger partial charge in [0.05, 0.1) is 6.61 Å².